The highest BCUT2D eigenvalue weighted by Crippen LogP contribution is 2.32. The largest absolute Gasteiger partial charge is 0.516 e. The summed E-state index contributed by atoms with van der Waals surface area (Å²) in [4.78, 5) is -0.0312. The van der Waals surface area contributed by atoms with E-state index in [-0.39, 0.29) is 23.2 Å². The summed E-state index contributed by atoms with van der Waals surface area (Å²) in [5.74, 6) is 0. The highest BCUT2D eigenvalue weighted by molar-refractivity contribution is 8.05. The summed E-state index contributed by atoms with van der Waals surface area (Å²) >= 11 is 1.27. The Labute approximate surface area is 155 Å². The Bertz CT molecular complexity index is 332. The summed E-state index contributed by atoms with van der Waals surface area (Å²) in [5, 5.41) is 11.6. The molecule has 0 bridgehead atoms. The molecule has 24 heavy (non-hydrogen) atoms. The first-order valence-electron chi connectivity index (χ1n) is 9.35. The molecule has 142 valence electrons. The quantitative estimate of drug-likeness (QED) is 0.222. The smallest absolute Gasteiger partial charge is 0.370 e. The van der Waals surface area contributed by atoms with E-state index in [0.717, 1.165) is 12.8 Å². The van der Waals surface area contributed by atoms with Gasteiger partial charge in [0.2, 0.25) is 0 Å². The van der Waals surface area contributed by atoms with Crippen molar-refractivity contribution in [1.82, 2.24) is 0 Å². The monoisotopic (exact) mass is 375 g/mol. The van der Waals surface area contributed by atoms with E-state index in [1.165, 1.54) is 37.4 Å². The average Bonchev–Trinajstić information content (AvgIpc) is 2.43. The van der Waals surface area contributed by atoms with Crippen molar-refractivity contribution < 1.29 is 13.3 Å². The highest BCUT2D eigenvalue weighted by Gasteiger charge is 2.52. The Kier molecular flexibility index (Phi) is 13.1. The lowest BCUT2D eigenvalue weighted by Crippen LogP contribution is -2.58. The maximum Gasteiger partial charge on any atom is 0.516 e. The van der Waals surface area contributed by atoms with Crippen LogP contribution in [-0.4, -0.2) is 32.0 Å². The molecule has 0 aromatic rings. The van der Waals surface area contributed by atoms with Crippen LogP contribution in [0.4, 0.5) is 0 Å². The fourth-order valence-electron chi connectivity index (χ4n) is 2.60. The van der Waals surface area contributed by atoms with Gasteiger partial charge in [0.05, 0.1) is 4.87 Å². The van der Waals surface area contributed by atoms with Crippen LogP contribution in [0.2, 0.25) is 0 Å². The molecule has 0 N–H and O–H groups in total. The van der Waals surface area contributed by atoms with Crippen LogP contribution in [0.15, 0.2) is 0 Å². The number of thiocyanates is 1. The van der Waals surface area contributed by atoms with Gasteiger partial charge in [-0.25, -0.2) is 0 Å². The molecule has 1 atom stereocenters. The molecule has 0 saturated heterocycles. The molecular formula is C18H37NO3SSi. The fourth-order valence-corrected chi connectivity index (χ4v) is 7.40. The molecule has 1 unspecified atom stereocenters. The van der Waals surface area contributed by atoms with E-state index in [1.54, 1.807) is 0 Å². The van der Waals surface area contributed by atoms with Gasteiger partial charge in [0.1, 0.15) is 5.40 Å². The SMILES string of the molecule is CCCCCCCC(SC#N)[Si](OC(C)C)(OC(C)C)OC(C)C. The summed E-state index contributed by atoms with van der Waals surface area (Å²) in [5.41, 5.74) is 0. The van der Waals surface area contributed by atoms with Gasteiger partial charge in [0.15, 0.2) is 0 Å². The summed E-state index contributed by atoms with van der Waals surface area (Å²) < 4.78 is 18.8. The van der Waals surface area contributed by atoms with Crippen molar-refractivity contribution in [2.75, 3.05) is 0 Å². The second-order valence-corrected chi connectivity index (χ2v) is 11.0. The van der Waals surface area contributed by atoms with Crippen LogP contribution in [0.5, 0.6) is 0 Å². The normalized spacial score (nSPS) is 13.7. The van der Waals surface area contributed by atoms with E-state index in [0.29, 0.717) is 0 Å². The minimum Gasteiger partial charge on any atom is -0.370 e. The lowest BCUT2D eigenvalue weighted by atomic mass is 10.1. The highest BCUT2D eigenvalue weighted by atomic mass is 32.2. The van der Waals surface area contributed by atoms with Crippen molar-refractivity contribution >= 4 is 20.6 Å². The Balaban J connectivity index is 5.24. The molecule has 4 nitrogen and oxygen atoms in total. The number of unbranched alkanes of at least 4 members (excludes halogenated alkanes) is 4. The van der Waals surface area contributed by atoms with E-state index in [2.05, 4.69) is 12.3 Å². The first-order valence-corrected chi connectivity index (χ1v) is 12.0. The first kappa shape index (κ1) is 23.9. The number of rotatable bonds is 14. The molecule has 0 aromatic carbocycles. The number of hydrogen-bond donors (Lipinski definition) is 0. The van der Waals surface area contributed by atoms with Crippen LogP contribution in [0.25, 0.3) is 0 Å². The molecule has 0 aliphatic rings. The molecule has 0 aliphatic carbocycles. The molecular weight excluding hydrogens is 338 g/mol. The van der Waals surface area contributed by atoms with Crippen LogP contribution in [0.1, 0.15) is 87.0 Å². The summed E-state index contributed by atoms with van der Waals surface area (Å²) in [6, 6.07) is 0. The number of hydrogen-bond acceptors (Lipinski definition) is 5. The average molecular weight is 376 g/mol. The van der Waals surface area contributed by atoms with Crippen LogP contribution >= 0.6 is 11.8 Å². The zero-order chi connectivity index (χ0) is 18.6. The first-order chi connectivity index (χ1) is 11.3. The molecule has 0 amide bonds. The Hall–Kier alpha value is -0.0631. The predicted molar refractivity (Wildman–Crippen MR) is 105 cm³/mol. The van der Waals surface area contributed by atoms with E-state index in [9.17, 15) is 5.26 Å². The molecule has 0 aliphatic heterocycles. The maximum atomic E-state index is 9.31. The van der Waals surface area contributed by atoms with Gasteiger partial charge in [0, 0.05) is 18.3 Å². The Morgan fingerprint density at radius 3 is 1.67 bits per heavy atom. The van der Waals surface area contributed by atoms with Crippen molar-refractivity contribution in [3.63, 3.8) is 0 Å². The summed E-state index contributed by atoms with van der Waals surface area (Å²) in [7, 11) is -2.96. The molecule has 0 radical (unpaired) electrons. The third-order valence-electron chi connectivity index (χ3n) is 3.36. The van der Waals surface area contributed by atoms with E-state index in [4.69, 9.17) is 13.3 Å². The van der Waals surface area contributed by atoms with Gasteiger partial charge in [-0.3, -0.25) is 0 Å². The van der Waals surface area contributed by atoms with E-state index in [1.807, 2.05) is 41.5 Å². The Morgan fingerprint density at radius 2 is 1.29 bits per heavy atom. The molecule has 0 saturated carbocycles. The van der Waals surface area contributed by atoms with Crippen molar-refractivity contribution in [2.24, 2.45) is 0 Å². The number of nitriles is 1. The van der Waals surface area contributed by atoms with Crippen LogP contribution < -0.4 is 0 Å². The van der Waals surface area contributed by atoms with Gasteiger partial charge in [-0.15, -0.1) is 0 Å². The molecule has 0 aromatic heterocycles. The van der Waals surface area contributed by atoms with E-state index < -0.39 is 8.80 Å². The maximum absolute atomic E-state index is 9.31. The molecule has 0 spiro atoms. The standard InChI is InChI=1S/C18H37NO3SSi/c1-8-9-10-11-12-13-18(23-14-19)24(20-15(2)3,21-16(4)5)22-17(6)7/h15-18H,8-13H2,1-7H3. The second kappa shape index (κ2) is 13.2. The summed E-state index contributed by atoms with van der Waals surface area (Å²) in [6.07, 6.45) is 6.95. The van der Waals surface area contributed by atoms with Gasteiger partial charge in [-0.1, -0.05) is 39.0 Å². The minimum absolute atomic E-state index is 0.0102. The molecule has 0 rings (SSSR count). The van der Waals surface area contributed by atoms with Crippen LogP contribution in [0.3, 0.4) is 0 Å². The van der Waals surface area contributed by atoms with Gasteiger partial charge in [-0.2, -0.15) is 5.26 Å². The molecule has 0 fully saturated rings. The number of thioether (sulfide) groups is 1. The van der Waals surface area contributed by atoms with Crippen molar-refractivity contribution in [2.45, 2.75) is 110 Å². The molecule has 6 heteroatoms. The van der Waals surface area contributed by atoms with Crippen molar-refractivity contribution in [3.05, 3.63) is 0 Å². The van der Waals surface area contributed by atoms with Gasteiger partial charge < -0.3 is 13.3 Å². The second-order valence-electron chi connectivity index (χ2n) is 7.00. The van der Waals surface area contributed by atoms with E-state index >= 15 is 0 Å². The minimum atomic E-state index is -2.96. The number of nitrogens with zero attached hydrogens (tertiary/aromatic N) is 1. The lowest BCUT2D eigenvalue weighted by molar-refractivity contribution is 0.00122. The topological polar surface area (TPSA) is 51.5 Å². The van der Waals surface area contributed by atoms with Crippen LogP contribution in [0, 0.1) is 10.7 Å². The zero-order valence-corrected chi connectivity index (χ0v) is 18.4. The van der Waals surface area contributed by atoms with Gasteiger partial charge >= 0.3 is 8.80 Å². The van der Waals surface area contributed by atoms with Gasteiger partial charge in [-0.05, 0) is 59.7 Å². The van der Waals surface area contributed by atoms with Crippen molar-refractivity contribution in [1.29, 1.82) is 5.26 Å². The zero-order valence-electron chi connectivity index (χ0n) is 16.6. The van der Waals surface area contributed by atoms with Gasteiger partial charge in [0.25, 0.3) is 0 Å². The molecule has 0 heterocycles. The predicted octanol–water partition coefficient (Wildman–Crippen LogP) is 5.68. The fraction of sp³-hybridized carbons (Fsp3) is 0.944. The lowest BCUT2D eigenvalue weighted by Gasteiger charge is -2.38. The Morgan fingerprint density at radius 1 is 0.833 bits per heavy atom. The van der Waals surface area contributed by atoms with Crippen molar-refractivity contribution in [3.8, 4) is 5.40 Å². The third kappa shape index (κ3) is 10.0. The summed E-state index contributed by atoms with van der Waals surface area (Å²) in [6.45, 7) is 14.2. The van der Waals surface area contributed by atoms with Crippen LogP contribution in [-0.2, 0) is 13.3 Å². The third-order valence-corrected chi connectivity index (χ3v) is 8.68.